The zero-order chi connectivity index (χ0) is 30.2. The van der Waals surface area contributed by atoms with Crippen LogP contribution >= 0.6 is 11.6 Å². The molecule has 1 saturated carbocycles. The van der Waals surface area contributed by atoms with E-state index in [2.05, 4.69) is 5.32 Å². The van der Waals surface area contributed by atoms with Crippen LogP contribution in [0, 0.1) is 5.92 Å². The maximum Gasteiger partial charge on any atom is 0.395 e. The van der Waals surface area contributed by atoms with Crippen LogP contribution in [0.2, 0.25) is 5.02 Å². The van der Waals surface area contributed by atoms with Gasteiger partial charge in [0.2, 0.25) is 11.8 Å². The van der Waals surface area contributed by atoms with Gasteiger partial charge in [0.25, 0.3) is 5.56 Å². The molecule has 0 bridgehead atoms. The summed E-state index contributed by atoms with van der Waals surface area (Å²) >= 11 is 6.19. The van der Waals surface area contributed by atoms with Crippen LogP contribution in [0.5, 0.6) is 5.75 Å². The zero-order valence-electron chi connectivity index (χ0n) is 22.7. The van der Waals surface area contributed by atoms with E-state index in [0.717, 1.165) is 17.4 Å². The topological polar surface area (TPSA) is 113 Å². The Labute approximate surface area is 244 Å². The van der Waals surface area contributed by atoms with Crippen molar-refractivity contribution < 1.29 is 32.2 Å². The van der Waals surface area contributed by atoms with E-state index in [1.54, 1.807) is 0 Å². The predicted octanol–water partition coefficient (Wildman–Crippen LogP) is 5.52. The molecule has 222 valence electrons. The highest BCUT2D eigenvalue weighted by Gasteiger charge is 2.42. The highest BCUT2D eigenvalue weighted by molar-refractivity contribution is 6.30. The van der Waals surface area contributed by atoms with Crippen molar-refractivity contribution in [2.45, 2.75) is 50.4 Å². The molecule has 1 aliphatic carbocycles. The van der Waals surface area contributed by atoms with Gasteiger partial charge >= 0.3 is 6.18 Å². The van der Waals surface area contributed by atoms with Gasteiger partial charge in [-0.1, -0.05) is 17.7 Å². The van der Waals surface area contributed by atoms with Crippen LogP contribution in [-0.2, 0) is 16.0 Å². The SMILES string of the molecule is CC1(OCCC(C(=O)Nc2ccc(C(N)=O)cc2)n2cc3c(cc2=O)-c2cc(Cl)ccc2CC(C(F)(F)F)CO3)CC1. The quantitative estimate of drug-likeness (QED) is 0.352. The Hall–Kier alpha value is -3.83. The smallest absolute Gasteiger partial charge is 0.395 e. The summed E-state index contributed by atoms with van der Waals surface area (Å²) in [4.78, 5) is 38.5. The van der Waals surface area contributed by atoms with Crippen LogP contribution in [-0.4, -0.2) is 41.4 Å². The number of nitrogens with two attached hydrogens (primary N) is 1. The van der Waals surface area contributed by atoms with Crippen LogP contribution in [0.4, 0.5) is 18.9 Å². The van der Waals surface area contributed by atoms with E-state index >= 15 is 0 Å². The van der Waals surface area contributed by atoms with E-state index in [-0.39, 0.29) is 41.9 Å². The minimum absolute atomic E-state index is 0.0192. The number of primary amides is 1. The van der Waals surface area contributed by atoms with Gasteiger partial charge in [-0.25, -0.2) is 0 Å². The number of ether oxygens (including phenoxy) is 2. The molecule has 3 N–H and O–H groups in total. The molecule has 2 atom stereocenters. The molecule has 5 rings (SSSR count). The van der Waals surface area contributed by atoms with Gasteiger partial charge in [0.1, 0.15) is 18.4 Å². The number of hydrogen-bond donors (Lipinski definition) is 2. The van der Waals surface area contributed by atoms with Crippen molar-refractivity contribution in [3.63, 3.8) is 0 Å². The van der Waals surface area contributed by atoms with Gasteiger partial charge < -0.3 is 20.5 Å². The standard InChI is InChI=1S/C30H29ClF3N3O5/c1-29(9-10-29)42-11-8-24(28(40)36-21-6-3-17(4-7-21)27(35)39)37-15-25-23(14-26(37)38)22-13-20(31)5-2-18(22)12-19(16-41-25)30(32,33)34/h2-7,13-15,19,24H,8-12,16H2,1H3,(H2,35,39)(H,36,40). The molecule has 0 radical (unpaired) electrons. The van der Waals surface area contributed by atoms with E-state index in [1.807, 2.05) is 6.92 Å². The number of pyridine rings is 1. The Bertz CT molecular complexity index is 1570. The number of rotatable bonds is 8. The Balaban J connectivity index is 1.52. The summed E-state index contributed by atoms with van der Waals surface area (Å²) in [5.74, 6) is -2.96. The lowest BCUT2D eigenvalue weighted by Crippen LogP contribution is -2.35. The Morgan fingerprint density at radius 1 is 1.17 bits per heavy atom. The van der Waals surface area contributed by atoms with Crippen LogP contribution in [0.1, 0.15) is 48.1 Å². The Kier molecular flexibility index (Phi) is 8.08. The molecule has 8 nitrogen and oxygen atoms in total. The molecule has 2 heterocycles. The monoisotopic (exact) mass is 603 g/mol. The van der Waals surface area contributed by atoms with E-state index < -0.39 is 42.1 Å². The summed E-state index contributed by atoms with van der Waals surface area (Å²) in [6, 6.07) is 10.6. The zero-order valence-corrected chi connectivity index (χ0v) is 23.4. The van der Waals surface area contributed by atoms with Crippen molar-refractivity contribution >= 4 is 29.1 Å². The summed E-state index contributed by atoms with van der Waals surface area (Å²) in [5, 5.41) is 3.03. The van der Waals surface area contributed by atoms with Crippen molar-refractivity contribution in [3.05, 3.63) is 81.2 Å². The second-order valence-electron chi connectivity index (χ2n) is 10.9. The molecular formula is C30H29ClF3N3O5. The largest absolute Gasteiger partial charge is 0.491 e. The van der Waals surface area contributed by atoms with Crippen molar-refractivity contribution in [1.29, 1.82) is 0 Å². The number of carbonyl (C=O) groups excluding carboxylic acids is 2. The molecule has 42 heavy (non-hydrogen) atoms. The van der Waals surface area contributed by atoms with Gasteiger partial charge in [-0.05, 0) is 73.7 Å². The highest BCUT2D eigenvalue weighted by Crippen LogP contribution is 2.41. The highest BCUT2D eigenvalue weighted by atomic mass is 35.5. The fourth-order valence-electron chi connectivity index (χ4n) is 4.88. The first kappa shape index (κ1) is 29.7. The lowest BCUT2D eigenvalue weighted by Gasteiger charge is -2.27. The van der Waals surface area contributed by atoms with Crippen LogP contribution in [0.3, 0.4) is 0 Å². The van der Waals surface area contributed by atoms with Crippen molar-refractivity contribution in [1.82, 2.24) is 4.57 Å². The van der Waals surface area contributed by atoms with E-state index in [4.69, 9.17) is 26.8 Å². The van der Waals surface area contributed by atoms with Crippen molar-refractivity contribution in [2.24, 2.45) is 11.7 Å². The molecule has 2 unspecified atom stereocenters. The number of carbonyl (C=O) groups is 2. The number of halogens is 4. The predicted molar refractivity (Wildman–Crippen MR) is 151 cm³/mol. The molecule has 0 saturated heterocycles. The molecule has 2 aromatic carbocycles. The number of fused-ring (bicyclic) bond motifs is 3. The van der Waals surface area contributed by atoms with Gasteiger partial charge in [0.05, 0.1) is 17.7 Å². The summed E-state index contributed by atoms with van der Waals surface area (Å²) in [6.07, 6.45) is -1.72. The van der Waals surface area contributed by atoms with Gasteiger partial charge in [0.15, 0.2) is 0 Å². The number of anilines is 1. The first-order chi connectivity index (χ1) is 19.8. The third-order valence-electron chi connectivity index (χ3n) is 7.65. The average molecular weight is 604 g/mol. The van der Waals surface area contributed by atoms with Gasteiger partial charge in [-0.3, -0.25) is 19.0 Å². The summed E-state index contributed by atoms with van der Waals surface area (Å²) in [6.45, 7) is 1.45. The number of alkyl halides is 3. The van der Waals surface area contributed by atoms with Crippen LogP contribution in [0.25, 0.3) is 11.1 Å². The first-order valence-electron chi connectivity index (χ1n) is 13.4. The molecule has 1 aliphatic heterocycles. The van der Waals surface area contributed by atoms with E-state index in [0.29, 0.717) is 21.8 Å². The summed E-state index contributed by atoms with van der Waals surface area (Å²) in [7, 11) is 0. The fourth-order valence-corrected chi connectivity index (χ4v) is 5.05. The number of hydrogen-bond acceptors (Lipinski definition) is 5. The number of nitrogens with one attached hydrogen (secondary N) is 1. The molecule has 1 fully saturated rings. The lowest BCUT2D eigenvalue weighted by molar-refractivity contribution is -0.181. The summed E-state index contributed by atoms with van der Waals surface area (Å²) in [5.41, 5.74) is 6.09. The number of amides is 2. The molecule has 1 aromatic heterocycles. The van der Waals surface area contributed by atoms with Gasteiger partial charge in [-0.15, -0.1) is 0 Å². The average Bonchev–Trinajstić information content (AvgIpc) is 3.65. The molecular weight excluding hydrogens is 575 g/mol. The Morgan fingerprint density at radius 2 is 1.88 bits per heavy atom. The fraction of sp³-hybridized carbons (Fsp3) is 0.367. The molecule has 12 heteroatoms. The first-order valence-corrected chi connectivity index (χ1v) is 13.8. The normalized spacial score (nSPS) is 18.0. The second kappa shape index (κ2) is 11.4. The number of nitrogens with zero attached hydrogens (tertiary/aromatic N) is 1. The second-order valence-corrected chi connectivity index (χ2v) is 11.3. The number of benzene rings is 2. The van der Waals surface area contributed by atoms with E-state index in [1.165, 1.54) is 54.7 Å². The van der Waals surface area contributed by atoms with Crippen LogP contribution < -0.4 is 21.3 Å². The molecule has 3 aromatic rings. The lowest BCUT2D eigenvalue weighted by atomic mass is 9.91. The minimum atomic E-state index is -4.52. The molecule has 2 aliphatic rings. The number of aromatic nitrogens is 1. The van der Waals surface area contributed by atoms with Crippen LogP contribution in [0.15, 0.2) is 59.5 Å². The minimum Gasteiger partial charge on any atom is -0.491 e. The van der Waals surface area contributed by atoms with Crippen molar-refractivity contribution in [3.8, 4) is 16.9 Å². The third kappa shape index (κ3) is 6.63. The molecule has 0 spiro atoms. The van der Waals surface area contributed by atoms with E-state index in [9.17, 15) is 27.6 Å². The maximum absolute atomic E-state index is 13.8. The molecule has 2 amide bonds. The van der Waals surface area contributed by atoms with Gasteiger partial charge in [0, 0.05) is 40.9 Å². The summed E-state index contributed by atoms with van der Waals surface area (Å²) < 4.78 is 54.3. The van der Waals surface area contributed by atoms with Gasteiger partial charge in [-0.2, -0.15) is 13.2 Å². The van der Waals surface area contributed by atoms with Crippen molar-refractivity contribution in [2.75, 3.05) is 18.5 Å². The Morgan fingerprint density at radius 3 is 2.52 bits per heavy atom. The maximum atomic E-state index is 13.8. The third-order valence-corrected chi connectivity index (χ3v) is 7.88.